The fraction of sp³-hybridized carbons (Fsp3) is 0.0769. The van der Waals surface area contributed by atoms with Gasteiger partial charge in [-0.05, 0) is 42.0 Å². The summed E-state index contributed by atoms with van der Waals surface area (Å²) in [7, 11) is 0. The lowest BCUT2D eigenvalue weighted by Gasteiger charge is -2.08. The number of hydrogen-bond donors (Lipinski definition) is 2. The molecule has 0 radical (unpaired) electrons. The van der Waals surface area contributed by atoms with E-state index >= 15 is 0 Å². The van der Waals surface area contributed by atoms with E-state index in [1.54, 1.807) is 6.07 Å². The van der Waals surface area contributed by atoms with Gasteiger partial charge in [-0.2, -0.15) is 0 Å². The Balaban J connectivity index is 2.10. The highest BCUT2D eigenvalue weighted by Crippen LogP contribution is 2.25. The number of ether oxygens (including phenoxy) is 1. The van der Waals surface area contributed by atoms with Crippen molar-refractivity contribution >= 4 is 11.4 Å². The normalized spacial score (nSPS) is 10.1. The fourth-order valence-corrected chi connectivity index (χ4v) is 1.65. The van der Waals surface area contributed by atoms with Crippen LogP contribution in [0.4, 0.5) is 15.8 Å². The third-order valence-electron chi connectivity index (χ3n) is 2.63. The van der Waals surface area contributed by atoms with Gasteiger partial charge in [0.05, 0.1) is 4.92 Å². The second kappa shape index (κ2) is 5.98. The smallest absolute Gasteiger partial charge is 0.293 e. The maximum absolute atomic E-state index is 12.7. The molecule has 2 rings (SSSR count). The highest BCUT2D eigenvalue weighted by atomic mass is 19.1. The topological polar surface area (TPSA) is 90.4 Å². The molecule has 0 amide bonds. The summed E-state index contributed by atoms with van der Waals surface area (Å²) in [6.07, 6.45) is 0. The van der Waals surface area contributed by atoms with Gasteiger partial charge in [0.25, 0.3) is 5.69 Å². The Labute approximate surface area is 114 Å². The Hall–Kier alpha value is -2.67. The van der Waals surface area contributed by atoms with E-state index in [0.29, 0.717) is 11.3 Å². The summed E-state index contributed by atoms with van der Waals surface area (Å²) >= 11 is 0. The van der Waals surface area contributed by atoms with E-state index in [-0.39, 0.29) is 23.8 Å². The third kappa shape index (κ3) is 3.21. The molecule has 3 N–H and O–H groups in total. The second-order valence-electron chi connectivity index (χ2n) is 4.00. The van der Waals surface area contributed by atoms with Crippen LogP contribution < -0.4 is 16.0 Å². The third-order valence-corrected chi connectivity index (χ3v) is 2.63. The Kier molecular flexibility index (Phi) is 4.11. The van der Waals surface area contributed by atoms with Crippen LogP contribution in [0, 0.1) is 15.9 Å². The van der Waals surface area contributed by atoms with Gasteiger partial charge < -0.3 is 10.2 Å². The van der Waals surface area contributed by atoms with Gasteiger partial charge in [0, 0.05) is 6.07 Å². The molecule has 0 aromatic heterocycles. The van der Waals surface area contributed by atoms with Crippen molar-refractivity contribution in [2.75, 3.05) is 5.43 Å². The first kappa shape index (κ1) is 13.8. The van der Waals surface area contributed by atoms with Gasteiger partial charge in [0.15, 0.2) is 0 Å². The molecule has 104 valence electrons. The molecule has 7 heteroatoms. The Morgan fingerprint density at radius 3 is 2.55 bits per heavy atom. The van der Waals surface area contributed by atoms with Crippen molar-refractivity contribution in [2.24, 2.45) is 5.84 Å². The number of nitrogen functional groups attached to an aromatic ring is 1. The maximum Gasteiger partial charge on any atom is 0.293 e. The van der Waals surface area contributed by atoms with E-state index in [4.69, 9.17) is 10.6 Å². The molecule has 0 heterocycles. The highest BCUT2D eigenvalue weighted by molar-refractivity contribution is 5.62. The number of anilines is 1. The van der Waals surface area contributed by atoms with Crippen LogP contribution in [-0.4, -0.2) is 4.92 Å². The van der Waals surface area contributed by atoms with Crippen molar-refractivity contribution in [3.05, 3.63) is 64.0 Å². The van der Waals surface area contributed by atoms with Gasteiger partial charge in [-0.25, -0.2) is 4.39 Å². The van der Waals surface area contributed by atoms with Crippen LogP contribution in [0.1, 0.15) is 5.56 Å². The van der Waals surface area contributed by atoms with Crippen molar-refractivity contribution in [3.8, 4) is 5.75 Å². The molecule has 0 saturated heterocycles. The highest BCUT2D eigenvalue weighted by Gasteiger charge is 2.13. The van der Waals surface area contributed by atoms with Gasteiger partial charge in [-0.3, -0.25) is 16.0 Å². The zero-order valence-electron chi connectivity index (χ0n) is 10.4. The molecule has 0 aliphatic carbocycles. The molecule has 0 aliphatic heterocycles. The number of nitrogens with zero attached hydrogens (tertiary/aromatic N) is 1. The average molecular weight is 277 g/mol. The molecular weight excluding hydrogens is 265 g/mol. The van der Waals surface area contributed by atoms with Crippen molar-refractivity contribution in [1.82, 2.24) is 0 Å². The maximum atomic E-state index is 12.7. The average Bonchev–Trinajstić information content (AvgIpc) is 2.46. The second-order valence-corrected chi connectivity index (χ2v) is 4.00. The number of rotatable bonds is 5. The Morgan fingerprint density at radius 2 is 1.95 bits per heavy atom. The lowest BCUT2D eigenvalue weighted by Crippen LogP contribution is -2.09. The summed E-state index contributed by atoms with van der Waals surface area (Å²) < 4.78 is 18.2. The van der Waals surface area contributed by atoms with Crippen LogP contribution in [0.3, 0.4) is 0 Å². The van der Waals surface area contributed by atoms with E-state index < -0.39 is 4.92 Å². The summed E-state index contributed by atoms with van der Waals surface area (Å²) in [5.41, 5.74) is 3.07. The minimum absolute atomic E-state index is 0.113. The van der Waals surface area contributed by atoms with Gasteiger partial charge in [-0.15, -0.1) is 0 Å². The number of nitrogens with one attached hydrogen (secondary N) is 1. The van der Waals surface area contributed by atoms with Crippen molar-refractivity contribution in [2.45, 2.75) is 6.61 Å². The van der Waals surface area contributed by atoms with E-state index in [1.165, 1.54) is 36.4 Å². The lowest BCUT2D eigenvalue weighted by atomic mass is 10.2. The van der Waals surface area contributed by atoms with Crippen LogP contribution in [0.5, 0.6) is 5.75 Å². The standard InChI is InChI=1S/C13H12FN3O3/c14-10-2-4-11(5-3-10)20-8-9-1-6-13(17(18)19)12(7-9)16-15/h1-7,16H,8,15H2. The largest absolute Gasteiger partial charge is 0.489 e. The van der Waals surface area contributed by atoms with Gasteiger partial charge >= 0.3 is 0 Å². The van der Waals surface area contributed by atoms with Crippen LogP contribution in [0.25, 0.3) is 0 Å². The predicted molar refractivity (Wildman–Crippen MR) is 71.6 cm³/mol. The number of benzene rings is 2. The number of nitro benzene ring substituents is 1. The molecule has 20 heavy (non-hydrogen) atoms. The molecule has 2 aromatic carbocycles. The van der Waals surface area contributed by atoms with Crippen molar-refractivity contribution in [1.29, 1.82) is 0 Å². The SMILES string of the molecule is NNc1cc(COc2ccc(F)cc2)ccc1[N+](=O)[O-]. The van der Waals surface area contributed by atoms with E-state index in [1.807, 2.05) is 0 Å². The molecule has 0 bridgehead atoms. The number of hydrazine groups is 1. The number of halogens is 1. The zero-order valence-corrected chi connectivity index (χ0v) is 10.4. The quantitative estimate of drug-likeness (QED) is 0.498. The molecule has 0 fully saturated rings. The summed E-state index contributed by atoms with van der Waals surface area (Å²) in [4.78, 5) is 10.2. The van der Waals surface area contributed by atoms with Gasteiger partial charge in [-0.1, -0.05) is 0 Å². The molecule has 0 aliphatic rings. The first-order valence-electron chi connectivity index (χ1n) is 5.72. The monoisotopic (exact) mass is 277 g/mol. The van der Waals surface area contributed by atoms with Gasteiger partial charge in [0.2, 0.25) is 0 Å². The van der Waals surface area contributed by atoms with Crippen molar-refractivity contribution < 1.29 is 14.1 Å². The summed E-state index contributed by atoms with van der Waals surface area (Å²) in [6, 6.07) is 10.0. The van der Waals surface area contributed by atoms with E-state index in [0.717, 1.165) is 0 Å². The van der Waals surface area contributed by atoms with Crippen molar-refractivity contribution in [3.63, 3.8) is 0 Å². The molecule has 0 atom stereocenters. The van der Waals surface area contributed by atoms with Crippen LogP contribution in [-0.2, 0) is 6.61 Å². The van der Waals surface area contributed by atoms with Crippen LogP contribution in [0.15, 0.2) is 42.5 Å². The summed E-state index contributed by atoms with van der Waals surface area (Å²) in [5.74, 6) is 5.41. The molecule has 0 saturated carbocycles. The Morgan fingerprint density at radius 1 is 1.25 bits per heavy atom. The van der Waals surface area contributed by atoms with Crippen LogP contribution >= 0.6 is 0 Å². The fourth-order valence-electron chi connectivity index (χ4n) is 1.65. The number of nitrogens with two attached hydrogens (primary N) is 1. The Bertz CT molecular complexity index is 617. The number of nitro groups is 1. The van der Waals surface area contributed by atoms with E-state index in [9.17, 15) is 14.5 Å². The lowest BCUT2D eigenvalue weighted by molar-refractivity contribution is -0.384. The summed E-state index contributed by atoms with van der Waals surface area (Å²) in [6.45, 7) is 0.193. The first-order valence-corrected chi connectivity index (χ1v) is 5.72. The molecule has 0 spiro atoms. The molecule has 6 nitrogen and oxygen atoms in total. The van der Waals surface area contributed by atoms with Gasteiger partial charge in [0.1, 0.15) is 23.9 Å². The molecule has 2 aromatic rings. The summed E-state index contributed by atoms with van der Waals surface area (Å²) in [5, 5.41) is 10.7. The number of hydrogen-bond acceptors (Lipinski definition) is 5. The first-order chi connectivity index (χ1) is 9.60. The minimum Gasteiger partial charge on any atom is -0.489 e. The van der Waals surface area contributed by atoms with E-state index in [2.05, 4.69) is 5.43 Å². The minimum atomic E-state index is -0.528. The molecule has 0 unspecified atom stereocenters. The van der Waals surface area contributed by atoms with Crippen LogP contribution in [0.2, 0.25) is 0 Å². The predicted octanol–water partition coefficient (Wildman–Crippen LogP) is 2.60. The molecular formula is C13H12FN3O3. The zero-order chi connectivity index (χ0) is 14.5.